The standard InChI is InChI=1S/C12H14BrN3O/c1-7-4-10(5-15-12(7)13)14-6-11-8(2)16-17-9(11)3/h4-5,14H,6H2,1-3H3. The topological polar surface area (TPSA) is 51.0 Å². The van der Waals surface area contributed by atoms with Crippen molar-refractivity contribution in [2.24, 2.45) is 0 Å². The fourth-order valence-electron chi connectivity index (χ4n) is 1.60. The number of rotatable bonds is 3. The number of nitrogens with zero attached hydrogens (tertiary/aromatic N) is 2. The van der Waals surface area contributed by atoms with Gasteiger partial charge in [-0.05, 0) is 48.3 Å². The summed E-state index contributed by atoms with van der Waals surface area (Å²) < 4.78 is 5.99. The fraction of sp³-hybridized carbons (Fsp3) is 0.333. The molecule has 2 aromatic rings. The highest BCUT2D eigenvalue weighted by Gasteiger charge is 2.08. The zero-order valence-electron chi connectivity index (χ0n) is 10.0. The number of hydrogen-bond donors (Lipinski definition) is 1. The van der Waals surface area contributed by atoms with Gasteiger partial charge in [0.05, 0.1) is 17.6 Å². The van der Waals surface area contributed by atoms with E-state index in [1.54, 1.807) is 6.20 Å². The molecule has 0 aliphatic carbocycles. The molecule has 1 N–H and O–H groups in total. The molecule has 0 amide bonds. The Bertz CT molecular complexity index is 517. The lowest BCUT2D eigenvalue weighted by molar-refractivity contribution is 0.392. The summed E-state index contributed by atoms with van der Waals surface area (Å²) in [7, 11) is 0. The molecule has 0 aliphatic heterocycles. The van der Waals surface area contributed by atoms with Crippen LogP contribution in [0.1, 0.15) is 22.6 Å². The van der Waals surface area contributed by atoms with E-state index in [2.05, 4.69) is 37.5 Å². The first-order chi connectivity index (χ1) is 8.08. The molecule has 4 nitrogen and oxygen atoms in total. The maximum absolute atomic E-state index is 5.11. The van der Waals surface area contributed by atoms with Gasteiger partial charge in [-0.2, -0.15) is 0 Å². The van der Waals surface area contributed by atoms with Crippen LogP contribution < -0.4 is 5.32 Å². The van der Waals surface area contributed by atoms with Crippen LogP contribution in [0, 0.1) is 20.8 Å². The molecule has 0 atom stereocenters. The van der Waals surface area contributed by atoms with Crippen molar-refractivity contribution in [3.8, 4) is 0 Å². The second kappa shape index (κ2) is 4.87. The highest BCUT2D eigenvalue weighted by Crippen LogP contribution is 2.19. The summed E-state index contributed by atoms with van der Waals surface area (Å²) in [5.74, 6) is 0.858. The Morgan fingerprint density at radius 3 is 2.71 bits per heavy atom. The molecule has 2 rings (SSSR count). The largest absolute Gasteiger partial charge is 0.380 e. The summed E-state index contributed by atoms with van der Waals surface area (Å²) in [4.78, 5) is 4.24. The molecule has 0 bridgehead atoms. The van der Waals surface area contributed by atoms with Crippen LogP contribution in [0.2, 0.25) is 0 Å². The van der Waals surface area contributed by atoms with E-state index < -0.39 is 0 Å². The number of aromatic nitrogens is 2. The Morgan fingerprint density at radius 1 is 1.35 bits per heavy atom. The number of halogens is 1. The molecule has 90 valence electrons. The molecule has 2 aromatic heterocycles. The van der Waals surface area contributed by atoms with Gasteiger partial charge in [0.15, 0.2) is 0 Å². The Balaban J connectivity index is 2.10. The minimum Gasteiger partial charge on any atom is -0.380 e. The van der Waals surface area contributed by atoms with Crippen LogP contribution in [-0.2, 0) is 6.54 Å². The summed E-state index contributed by atoms with van der Waals surface area (Å²) in [5, 5.41) is 7.24. The molecular formula is C12H14BrN3O. The van der Waals surface area contributed by atoms with E-state index in [9.17, 15) is 0 Å². The van der Waals surface area contributed by atoms with Gasteiger partial charge in [0.2, 0.25) is 0 Å². The predicted molar refractivity (Wildman–Crippen MR) is 70.0 cm³/mol. The van der Waals surface area contributed by atoms with E-state index in [0.29, 0.717) is 6.54 Å². The lowest BCUT2D eigenvalue weighted by Gasteiger charge is -2.07. The van der Waals surface area contributed by atoms with Crippen molar-refractivity contribution >= 4 is 21.6 Å². The van der Waals surface area contributed by atoms with E-state index in [1.807, 2.05) is 20.8 Å². The maximum Gasteiger partial charge on any atom is 0.138 e. The normalized spacial score (nSPS) is 10.6. The van der Waals surface area contributed by atoms with Gasteiger partial charge in [0.1, 0.15) is 10.4 Å². The summed E-state index contributed by atoms with van der Waals surface area (Å²) in [6.45, 7) is 6.57. The van der Waals surface area contributed by atoms with E-state index in [0.717, 1.165) is 32.9 Å². The Labute approximate surface area is 109 Å². The van der Waals surface area contributed by atoms with Crippen LogP contribution in [0.25, 0.3) is 0 Å². The van der Waals surface area contributed by atoms with Crippen LogP contribution in [0.3, 0.4) is 0 Å². The van der Waals surface area contributed by atoms with Crippen molar-refractivity contribution in [1.29, 1.82) is 0 Å². The Morgan fingerprint density at radius 2 is 2.12 bits per heavy atom. The monoisotopic (exact) mass is 295 g/mol. The predicted octanol–water partition coefficient (Wildman–Crippen LogP) is 3.37. The molecule has 0 aromatic carbocycles. The smallest absolute Gasteiger partial charge is 0.138 e. The second-order valence-electron chi connectivity index (χ2n) is 3.99. The molecular weight excluding hydrogens is 282 g/mol. The Kier molecular flexibility index (Phi) is 3.47. The molecule has 0 saturated heterocycles. The van der Waals surface area contributed by atoms with Gasteiger partial charge in [-0.3, -0.25) is 0 Å². The molecule has 0 spiro atoms. The van der Waals surface area contributed by atoms with Gasteiger partial charge in [0, 0.05) is 12.1 Å². The van der Waals surface area contributed by atoms with Crippen LogP contribution in [0.4, 0.5) is 5.69 Å². The first kappa shape index (κ1) is 12.1. The van der Waals surface area contributed by atoms with Crippen LogP contribution in [-0.4, -0.2) is 10.1 Å². The average Bonchev–Trinajstić information content (AvgIpc) is 2.61. The maximum atomic E-state index is 5.11. The average molecular weight is 296 g/mol. The van der Waals surface area contributed by atoms with Gasteiger partial charge < -0.3 is 9.84 Å². The summed E-state index contributed by atoms with van der Waals surface area (Å²) in [5.41, 5.74) is 4.13. The zero-order chi connectivity index (χ0) is 12.4. The van der Waals surface area contributed by atoms with Gasteiger partial charge >= 0.3 is 0 Å². The molecule has 0 unspecified atom stereocenters. The van der Waals surface area contributed by atoms with Gasteiger partial charge in [-0.1, -0.05) is 5.16 Å². The molecule has 0 aliphatic rings. The van der Waals surface area contributed by atoms with E-state index in [-0.39, 0.29) is 0 Å². The fourth-order valence-corrected chi connectivity index (χ4v) is 1.82. The first-order valence-electron chi connectivity index (χ1n) is 5.35. The van der Waals surface area contributed by atoms with Gasteiger partial charge in [0.25, 0.3) is 0 Å². The van der Waals surface area contributed by atoms with E-state index >= 15 is 0 Å². The van der Waals surface area contributed by atoms with Crippen molar-refractivity contribution in [2.75, 3.05) is 5.32 Å². The molecule has 2 heterocycles. The quantitative estimate of drug-likeness (QED) is 0.882. The molecule has 5 heteroatoms. The van der Waals surface area contributed by atoms with E-state index in [4.69, 9.17) is 4.52 Å². The van der Waals surface area contributed by atoms with Crippen LogP contribution in [0.5, 0.6) is 0 Å². The lowest BCUT2D eigenvalue weighted by atomic mass is 10.2. The van der Waals surface area contributed by atoms with Crippen molar-refractivity contribution < 1.29 is 4.52 Å². The highest BCUT2D eigenvalue weighted by molar-refractivity contribution is 9.10. The third-order valence-corrected chi connectivity index (χ3v) is 3.50. The molecule has 17 heavy (non-hydrogen) atoms. The number of anilines is 1. The van der Waals surface area contributed by atoms with E-state index in [1.165, 1.54) is 0 Å². The lowest BCUT2D eigenvalue weighted by Crippen LogP contribution is -2.02. The summed E-state index contributed by atoms with van der Waals surface area (Å²) in [6.07, 6.45) is 1.80. The first-order valence-corrected chi connectivity index (χ1v) is 6.15. The minimum atomic E-state index is 0.698. The van der Waals surface area contributed by atoms with Crippen LogP contribution >= 0.6 is 15.9 Å². The zero-order valence-corrected chi connectivity index (χ0v) is 11.6. The third-order valence-electron chi connectivity index (χ3n) is 2.66. The molecule has 0 fully saturated rings. The minimum absolute atomic E-state index is 0.698. The second-order valence-corrected chi connectivity index (χ2v) is 4.74. The van der Waals surface area contributed by atoms with Crippen molar-refractivity contribution in [3.63, 3.8) is 0 Å². The summed E-state index contributed by atoms with van der Waals surface area (Å²) in [6, 6.07) is 2.05. The number of aryl methyl sites for hydroxylation is 3. The number of hydrogen-bond acceptors (Lipinski definition) is 4. The Hall–Kier alpha value is -1.36. The molecule has 0 radical (unpaired) electrons. The van der Waals surface area contributed by atoms with Crippen molar-refractivity contribution in [2.45, 2.75) is 27.3 Å². The van der Waals surface area contributed by atoms with Crippen molar-refractivity contribution in [1.82, 2.24) is 10.1 Å². The van der Waals surface area contributed by atoms with Crippen molar-refractivity contribution in [3.05, 3.63) is 39.4 Å². The third kappa shape index (κ3) is 2.66. The summed E-state index contributed by atoms with van der Waals surface area (Å²) >= 11 is 3.38. The van der Waals surface area contributed by atoms with Gasteiger partial charge in [-0.25, -0.2) is 4.98 Å². The SMILES string of the molecule is Cc1cc(NCc2c(C)noc2C)cnc1Br. The molecule has 0 saturated carbocycles. The number of pyridine rings is 1. The number of nitrogens with one attached hydrogen (secondary N) is 1. The highest BCUT2D eigenvalue weighted by atomic mass is 79.9. The van der Waals surface area contributed by atoms with Gasteiger partial charge in [-0.15, -0.1) is 0 Å². The van der Waals surface area contributed by atoms with Crippen LogP contribution in [0.15, 0.2) is 21.4 Å².